The van der Waals surface area contributed by atoms with Crippen LogP contribution < -0.4 is 16.4 Å². The van der Waals surface area contributed by atoms with E-state index in [0.29, 0.717) is 5.75 Å². The number of amides is 3. The first-order valence-electron chi connectivity index (χ1n) is 11.3. The molecule has 38 heavy (non-hydrogen) atoms. The van der Waals surface area contributed by atoms with E-state index in [1.54, 1.807) is 20.8 Å². The first-order chi connectivity index (χ1) is 17.8. The monoisotopic (exact) mass is 568 g/mol. The minimum Gasteiger partial charge on any atom is -0.427 e. The fourth-order valence-corrected chi connectivity index (χ4v) is 5.01. The molecule has 2 aliphatic heterocycles. The minimum absolute atomic E-state index is 0.00384. The summed E-state index contributed by atoms with van der Waals surface area (Å²) >= 11 is 2.38. The Hall–Kier alpha value is -3.50. The van der Waals surface area contributed by atoms with Crippen molar-refractivity contribution in [1.82, 2.24) is 15.2 Å². The Balaban J connectivity index is 1.62. The second-order valence-corrected chi connectivity index (χ2v) is 11.2. The second-order valence-electron chi connectivity index (χ2n) is 9.14. The number of ether oxygens (including phenoxy) is 2. The standard InChI is InChI=1S/C22H28N6O8S2/c1-10(23)15(29)26-21-24-11(8-38-21)13(27-34-5)16(30)25-14-17(31)28-12(6-7-37-18(14)28)19(32)35-9-36-20(33)22(2,3)4/h6,8,10,14,18H,7,9,23H2,1-5H3,(H,25,30)(H,24,26,29). The lowest BCUT2D eigenvalue weighted by molar-refractivity contribution is -0.173. The first kappa shape index (κ1) is 29.1. The summed E-state index contributed by atoms with van der Waals surface area (Å²) in [7, 11) is 1.24. The predicted octanol–water partition coefficient (Wildman–Crippen LogP) is 0.153. The number of anilines is 1. The molecule has 1 saturated heterocycles. The van der Waals surface area contributed by atoms with Crippen molar-refractivity contribution in [3.63, 3.8) is 0 Å². The van der Waals surface area contributed by atoms with Crippen molar-refractivity contribution in [3.05, 3.63) is 22.8 Å². The number of carbonyl (C=O) groups excluding carboxylic acids is 5. The lowest BCUT2D eigenvalue weighted by Gasteiger charge is -2.48. The van der Waals surface area contributed by atoms with Crippen molar-refractivity contribution in [1.29, 1.82) is 0 Å². The van der Waals surface area contributed by atoms with Crippen LogP contribution in [0.2, 0.25) is 0 Å². The van der Waals surface area contributed by atoms with Crippen LogP contribution in [0.4, 0.5) is 5.13 Å². The van der Waals surface area contributed by atoms with Crippen LogP contribution in [-0.2, 0) is 38.3 Å². The molecule has 0 saturated carbocycles. The van der Waals surface area contributed by atoms with E-state index in [9.17, 15) is 24.0 Å². The number of fused-ring (bicyclic) bond motifs is 1. The summed E-state index contributed by atoms with van der Waals surface area (Å²) in [6.45, 7) is 5.90. The third-order valence-corrected chi connectivity index (χ3v) is 7.06. The number of nitrogens with two attached hydrogens (primary N) is 1. The van der Waals surface area contributed by atoms with Gasteiger partial charge in [-0.05, 0) is 33.8 Å². The van der Waals surface area contributed by atoms with E-state index in [1.807, 2.05) is 0 Å². The van der Waals surface area contributed by atoms with Crippen molar-refractivity contribution in [2.24, 2.45) is 16.3 Å². The lowest BCUT2D eigenvalue weighted by Crippen LogP contribution is -2.70. The summed E-state index contributed by atoms with van der Waals surface area (Å²) in [4.78, 5) is 72.2. The molecule has 16 heteroatoms. The van der Waals surface area contributed by atoms with Gasteiger partial charge in [0.2, 0.25) is 12.7 Å². The summed E-state index contributed by atoms with van der Waals surface area (Å²) in [6.07, 6.45) is 1.52. The highest BCUT2D eigenvalue weighted by Gasteiger charge is 2.53. The molecule has 1 fully saturated rings. The van der Waals surface area contributed by atoms with Gasteiger partial charge in [-0.3, -0.25) is 24.1 Å². The highest BCUT2D eigenvalue weighted by atomic mass is 32.2. The number of aromatic nitrogens is 1. The van der Waals surface area contributed by atoms with Gasteiger partial charge >= 0.3 is 11.9 Å². The number of carbonyl (C=O) groups is 5. The van der Waals surface area contributed by atoms with Crippen molar-refractivity contribution < 1.29 is 38.3 Å². The number of rotatable bonds is 9. The minimum atomic E-state index is -0.958. The number of oxime groups is 1. The van der Waals surface area contributed by atoms with E-state index >= 15 is 0 Å². The van der Waals surface area contributed by atoms with Gasteiger partial charge in [-0.1, -0.05) is 5.16 Å². The van der Waals surface area contributed by atoms with Gasteiger partial charge in [0, 0.05) is 11.1 Å². The average molecular weight is 569 g/mol. The highest BCUT2D eigenvalue weighted by Crippen LogP contribution is 2.38. The summed E-state index contributed by atoms with van der Waals surface area (Å²) in [5, 5.41) is 9.96. The Morgan fingerprint density at radius 3 is 2.63 bits per heavy atom. The number of thiazole rings is 1. The second kappa shape index (κ2) is 11.9. The fourth-order valence-electron chi connectivity index (χ4n) is 3.12. The number of nitrogens with zero attached hydrogens (tertiary/aromatic N) is 3. The van der Waals surface area contributed by atoms with Crippen LogP contribution in [0, 0.1) is 5.41 Å². The largest absolute Gasteiger partial charge is 0.427 e. The number of hydrogen-bond acceptors (Lipinski definition) is 13. The van der Waals surface area contributed by atoms with Crippen molar-refractivity contribution in [2.75, 3.05) is 25.0 Å². The summed E-state index contributed by atoms with van der Waals surface area (Å²) in [6, 6.07) is -1.71. The van der Waals surface area contributed by atoms with Gasteiger partial charge in [0.05, 0.1) is 11.5 Å². The van der Waals surface area contributed by atoms with Gasteiger partial charge in [0.15, 0.2) is 10.8 Å². The van der Waals surface area contributed by atoms with Crippen LogP contribution >= 0.6 is 23.1 Å². The van der Waals surface area contributed by atoms with Gasteiger partial charge in [-0.15, -0.1) is 23.1 Å². The smallest absolute Gasteiger partial charge is 0.357 e. The molecule has 14 nitrogen and oxygen atoms in total. The van der Waals surface area contributed by atoms with E-state index in [-0.39, 0.29) is 22.2 Å². The van der Waals surface area contributed by atoms with Crippen LogP contribution in [0.3, 0.4) is 0 Å². The Bertz CT molecular complexity index is 1190. The van der Waals surface area contributed by atoms with Gasteiger partial charge in [0.25, 0.3) is 11.8 Å². The average Bonchev–Trinajstić information content (AvgIpc) is 3.31. The molecule has 1 aromatic heterocycles. The van der Waals surface area contributed by atoms with Gasteiger partial charge in [0.1, 0.15) is 29.9 Å². The Morgan fingerprint density at radius 2 is 2.00 bits per heavy atom. The first-order valence-corrected chi connectivity index (χ1v) is 13.2. The third kappa shape index (κ3) is 6.49. The van der Waals surface area contributed by atoms with E-state index in [2.05, 4.69) is 20.8 Å². The molecule has 0 spiro atoms. The predicted molar refractivity (Wildman–Crippen MR) is 138 cm³/mol. The molecule has 3 atom stereocenters. The molecule has 3 unspecified atom stereocenters. The van der Waals surface area contributed by atoms with Gasteiger partial charge in [-0.25, -0.2) is 9.78 Å². The summed E-state index contributed by atoms with van der Waals surface area (Å²) in [5.74, 6) is -2.73. The SMILES string of the molecule is CON=C(C(=O)NC1C(=O)N2C(C(=O)OCOC(=O)C(C)(C)C)=CCSC12)c1csc(NC(=O)C(C)N)n1. The zero-order valence-electron chi connectivity index (χ0n) is 21.3. The molecule has 3 rings (SSSR count). The quantitative estimate of drug-likeness (QED) is 0.121. The van der Waals surface area contributed by atoms with Crippen LogP contribution in [-0.4, -0.2) is 82.4 Å². The molecule has 0 radical (unpaired) electrons. The number of thioether (sulfide) groups is 1. The van der Waals surface area contributed by atoms with E-state index in [0.717, 1.165) is 11.3 Å². The molecule has 3 heterocycles. The van der Waals surface area contributed by atoms with Crippen molar-refractivity contribution in [2.45, 2.75) is 45.2 Å². The van der Waals surface area contributed by atoms with Crippen LogP contribution in [0.25, 0.3) is 0 Å². The zero-order valence-corrected chi connectivity index (χ0v) is 22.9. The van der Waals surface area contributed by atoms with E-state index < -0.39 is 59.3 Å². The molecule has 4 N–H and O–H groups in total. The Morgan fingerprint density at radius 1 is 1.29 bits per heavy atom. The molecule has 0 aliphatic carbocycles. The lowest BCUT2D eigenvalue weighted by atomic mass is 9.98. The molecule has 0 aromatic carbocycles. The maximum atomic E-state index is 13.0. The zero-order chi connectivity index (χ0) is 28.2. The normalized spacial score (nSPS) is 19.8. The maximum Gasteiger partial charge on any atom is 0.357 e. The summed E-state index contributed by atoms with van der Waals surface area (Å²) < 4.78 is 9.96. The van der Waals surface area contributed by atoms with Crippen LogP contribution in [0.15, 0.2) is 22.3 Å². The molecular formula is C22H28N6O8S2. The van der Waals surface area contributed by atoms with Gasteiger partial charge in [-0.2, -0.15) is 0 Å². The van der Waals surface area contributed by atoms with Crippen LogP contribution in [0.1, 0.15) is 33.4 Å². The van der Waals surface area contributed by atoms with E-state index in [1.165, 1.54) is 42.2 Å². The molecule has 2 aliphatic rings. The van der Waals surface area contributed by atoms with Crippen molar-refractivity contribution >= 4 is 63.6 Å². The van der Waals surface area contributed by atoms with Crippen molar-refractivity contribution in [3.8, 4) is 0 Å². The van der Waals surface area contributed by atoms with Gasteiger partial charge < -0.3 is 30.7 Å². The maximum absolute atomic E-state index is 13.0. The summed E-state index contributed by atoms with van der Waals surface area (Å²) in [5.41, 5.74) is 4.67. The fraction of sp³-hybridized carbons (Fsp3) is 0.500. The number of β-lactam (4-membered cyclic amide) rings is 1. The molecule has 1 aromatic rings. The number of hydrogen-bond donors (Lipinski definition) is 3. The Labute approximate surface area is 226 Å². The molecule has 0 bridgehead atoms. The van der Waals surface area contributed by atoms with Crippen LogP contribution in [0.5, 0.6) is 0 Å². The number of esters is 2. The van der Waals surface area contributed by atoms with E-state index in [4.69, 9.17) is 20.0 Å². The third-order valence-electron chi connectivity index (χ3n) is 5.12. The molecular weight excluding hydrogens is 540 g/mol. The Kier molecular flexibility index (Phi) is 9.11. The molecule has 206 valence electrons. The topological polar surface area (TPSA) is 192 Å². The highest BCUT2D eigenvalue weighted by molar-refractivity contribution is 8.00. The number of nitrogens with one attached hydrogen (secondary N) is 2. The molecule has 3 amide bonds.